The fraction of sp³-hybridized carbons (Fsp3) is 0.423. The van der Waals surface area contributed by atoms with E-state index in [0.717, 1.165) is 55.5 Å². The minimum atomic E-state index is -0.339. The predicted octanol–water partition coefficient (Wildman–Crippen LogP) is 4.34. The zero-order valence-electron chi connectivity index (χ0n) is 17.8. The minimum Gasteiger partial charge on any atom is -0.485 e. The summed E-state index contributed by atoms with van der Waals surface area (Å²) >= 11 is 0. The number of hydrogen-bond acceptors (Lipinski definition) is 5. The maximum absolute atomic E-state index is 12.0. The van der Waals surface area contributed by atoms with Crippen LogP contribution in [0.5, 0.6) is 5.75 Å². The Kier molecular flexibility index (Phi) is 5.45. The van der Waals surface area contributed by atoms with Gasteiger partial charge in [-0.25, -0.2) is 4.79 Å². The molecule has 1 aliphatic heterocycles. The molecule has 5 heteroatoms. The van der Waals surface area contributed by atoms with Gasteiger partial charge in [0.15, 0.2) is 0 Å². The van der Waals surface area contributed by atoms with E-state index >= 15 is 0 Å². The lowest BCUT2D eigenvalue weighted by Crippen LogP contribution is -2.29. The number of methoxy groups -OCH3 is 1. The summed E-state index contributed by atoms with van der Waals surface area (Å²) in [7, 11) is 1.40. The maximum atomic E-state index is 12.0. The van der Waals surface area contributed by atoms with Gasteiger partial charge < -0.3 is 19.9 Å². The Morgan fingerprint density at radius 2 is 2.06 bits per heavy atom. The summed E-state index contributed by atoms with van der Waals surface area (Å²) in [5.41, 5.74) is 5.36. The smallest absolute Gasteiger partial charge is 0.337 e. The first-order valence-electron chi connectivity index (χ1n) is 11.2. The first-order valence-corrected chi connectivity index (χ1v) is 11.2. The lowest BCUT2D eigenvalue weighted by molar-refractivity contribution is -0.135. The van der Waals surface area contributed by atoms with Crippen LogP contribution in [0.1, 0.15) is 49.1 Å². The van der Waals surface area contributed by atoms with Gasteiger partial charge >= 0.3 is 5.97 Å². The summed E-state index contributed by atoms with van der Waals surface area (Å²) in [5.74, 6) is 0.620. The van der Waals surface area contributed by atoms with E-state index in [1.807, 2.05) is 12.2 Å². The van der Waals surface area contributed by atoms with E-state index in [1.54, 1.807) is 0 Å². The molecule has 0 bridgehead atoms. The number of anilines is 1. The highest BCUT2D eigenvalue weighted by Crippen LogP contribution is 2.47. The number of ether oxygens (including phenoxy) is 2. The van der Waals surface area contributed by atoms with Gasteiger partial charge in [0.2, 0.25) is 0 Å². The summed E-state index contributed by atoms with van der Waals surface area (Å²) in [6.45, 7) is 0. The Bertz CT molecular complexity index is 995. The topological polar surface area (TPSA) is 67.8 Å². The van der Waals surface area contributed by atoms with Crippen molar-refractivity contribution >= 4 is 11.7 Å². The average molecular weight is 420 g/mol. The number of carbonyl (C=O) groups excluding carboxylic acids is 1. The molecule has 1 aromatic rings. The van der Waals surface area contributed by atoms with Gasteiger partial charge in [-0.2, -0.15) is 0 Å². The lowest BCUT2D eigenvalue weighted by Gasteiger charge is -2.28. The van der Waals surface area contributed by atoms with Crippen LogP contribution in [0.4, 0.5) is 5.69 Å². The molecular formula is C26H29NO4. The van der Waals surface area contributed by atoms with Crippen molar-refractivity contribution in [3.8, 4) is 5.75 Å². The third-order valence-electron chi connectivity index (χ3n) is 6.71. The van der Waals surface area contributed by atoms with E-state index in [9.17, 15) is 9.90 Å². The average Bonchev–Trinajstić information content (AvgIpc) is 3.41. The van der Waals surface area contributed by atoms with Gasteiger partial charge in [-0.1, -0.05) is 30.4 Å². The van der Waals surface area contributed by atoms with Gasteiger partial charge in [-0.05, 0) is 67.9 Å². The molecular weight excluding hydrogens is 390 g/mol. The number of benzene rings is 1. The zero-order chi connectivity index (χ0) is 21.4. The fourth-order valence-corrected chi connectivity index (χ4v) is 5.08. The predicted molar refractivity (Wildman–Crippen MR) is 120 cm³/mol. The minimum absolute atomic E-state index is 0.0692. The van der Waals surface area contributed by atoms with Crippen molar-refractivity contribution in [2.75, 3.05) is 12.4 Å². The van der Waals surface area contributed by atoms with Crippen molar-refractivity contribution in [1.82, 2.24) is 0 Å². The second-order valence-corrected chi connectivity index (χ2v) is 8.88. The molecule has 1 fully saturated rings. The molecule has 2 N–H and O–H groups in total. The molecule has 0 aromatic heterocycles. The van der Waals surface area contributed by atoms with Crippen molar-refractivity contribution in [3.63, 3.8) is 0 Å². The first-order chi connectivity index (χ1) is 15.1. The Labute approximate surface area is 183 Å². The summed E-state index contributed by atoms with van der Waals surface area (Å²) in [5, 5.41) is 13.7. The van der Waals surface area contributed by atoms with E-state index in [1.165, 1.54) is 18.2 Å². The van der Waals surface area contributed by atoms with E-state index in [-0.39, 0.29) is 24.1 Å². The van der Waals surface area contributed by atoms with Crippen molar-refractivity contribution < 1.29 is 19.4 Å². The fourth-order valence-electron chi connectivity index (χ4n) is 5.08. The Balaban J connectivity index is 1.46. The standard InChI is InChI=1S/C26H29NO4/c1-30-26(29)18-6-11-21-23(15-18)31-24-14-17(12-16-4-2-3-5-16)13-22(25(21)24)27-19-7-9-20(28)10-8-19/h2,4-6,11,13-15,19-21,23,27-28H,3,7-10,12H2,1H3/t19-,20+,21?,23?. The number of aliphatic hydroxyl groups excluding tert-OH is 1. The Morgan fingerprint density at radius 1 is 1.23 bits per heavy atom. The van der Waals surface area contributed by atoms with Gasteiger partial charge in [0, 0.05) is 23.2 Å². The molecule has 5 rings (SSSR count). The summed E-state index contributed by atoms with van der Waals surface area (Å²) in [4.78, 5) is 12.0. The van der Waals surface area contributed by atoms with Crippen LogP contribution in [0.15, 0.2) is 59.7 Å². The van der Waals surface area contributed by atoms with Gasteiger partial charge in [-0.3, -0.25) is 0 Å². The van der Waals surface area contributed by atoms with Crippen LogP contribution in [-0.2, 0) is 16.0 Å². The molecule has 162 valence electrons. The van der Waals surface area contributed by atoms with Crippen molar-refractivity contribution in [2.24, 2.45) is 0 Å². The number of esters is 1. The quantitative estimate of drug-likeness (QED) is 0.695. The summed E-state index contributed by atoms with van der Waals surface area (Å²) in [6, 6.07) is 4.76. The van der Waals surface area contributed by atoms with Crippen LogP contribution < -0.4 is 10.1 Å². The molecule has 2 atom stereocenters. The molecule has 2 unspecified atom stereocenters. The third kappa shape index (κ3) is 4.07. The Morgan fingerprint density at radius 3 is 2.81 bits per heavy atom. The van der Waals surface area contributed by atoms with Crippen LogP contribution in [-0.4, -0.2) is 36.4 Å². The Hall–Kier alpha value is -2.79. The number of nitrogens with one attached hydrogen (secondary N) is 1. The van der Waals surface area contributed by atoms with Gasteiger partial charge in [0.05, 0.1) is 18.8 Å². The number of allylic oxidation sites excluding steroid dienone is 4. The normalized spacial score (nSPS) is 28.3. The van der Waals surface area contributed by atoms with Crippen molar-refractivity contribution in [2.45, 2.75) is 62.7 Å². The monoisotopic (exact) mass is 419 g/mol. The van der Waals surface area contributed by atoms with E-state index in [0.29, 0.717) is 11.6 Å². The molecule has 0 spiro atoms. The molecule has 1 aromatic carbocycles. The highest BCUT2D eigenvalue weighted by molar-refractivity contribution is 5.92. The molecule has 5 nitrogen and oxygen atoms in total. The molecule has 0 saturated heterocycles. The highest BCUT2D eigenvalue weighted by Gasteiger charge is 2.37. The van der Waals surface area contributed by atoms with E-state index < -0.39 is 0 Å². The van der Waals surface area contributed by atoms with Crippen LogP contribution in [0.25, 0.3) is 0 Å². The van der Waals surface area contributed by atoms with Gasteiger partial charge in [0.25, 0.3) is 0 Å². The SMILES string of the molecule is COC(=O)C1=CC2Oc3cc(CC4=CCC=C4)cc(N[C@H]4CC[C@@H](O)CC4)c3C2C=C1. The number of carbonyl (C=O) groups is 1. The molecule has 4 aliphatic rings. The largest absolute Gasteiger partial charge is 0.485 e. The highest BCUT2D eigenvalue weighted by atomic mass is 16.5. The van der Waals surface area contributed by atoms with E-state index in [2.05, 4.69) is 41.8 Å². The molecule has 1 saturated carbocycles. The van der Waals surface area contributed by atoms with Crippen LogP contribution in [0.2, 0.25) is 0 Å². The number of fused-ring (bicyclic) bond motifs is 3. The van der Waals surface area contributed by atoms with Crippen LogP contribution in [0, 0.1) is 0 Å². The van der Waals surface area contributed by atoms with Crippen molar-refractivity contribution in [3.05, 3.63) is 70.9 Å². The van der Waals surface area contributed by atoms with Crippen LogP contribution >= 0.6 is 0 Å². The molecule has 1 heterocycles. The second-order valence-electron chi connectivity index (χ2n) is 8.88. The lowest BCUT2D eigenvalue weighted by atomic mass is 9.86. The van der Waals surface area contributed by atoms with Gasteiger partial charge in [0.1, 0.15) is 11.9 Å². The second kappa shape index (κ2) is 8.39. The van der Waals surface area contributed by atoms with Gasteiger partial charge in [-0.15, -0.1) is 0 Å². The number of aliphatic hydroxyl groups is 1. The maximum Gasteiger partial charge on any atom is 0.337 e. The molecule has 31 heavy (non-hydrogen) atoms. The third-order valence-corrected chi connectivity index (χ3v) is 6.71. The molecule has 0 amide bonds. The number of hydrogen-bond donors (Lipinski definition) is 2. The van der Waals surface area contributed by atoms with Crippen LogP contribution in [0.3, 0.4) is 0 Å². The molecule has 0 radical (unpaired) electrons. The summed E-state index contributed by atoms with van der Waals surface area (Å²) < 4.78 is 11.2. The van der Waals surface area contributed by atoms with E-state index in [4.69, 9.17) is 9.47 Å². The first kappa shape index (κ1) is 20.1. The summed E-state index contributed by atoms with van der Waals surface area (Å²) in [6.07, 6.45) is 17.5. The van der Waals surface area contributed by atoms with Crippen molar-refractivity contribution in [1.29, 1.82) is 0 Å². The number of rotatable bonds is 5. The molecule has 3 aliphatic carbocycles. The zero-order valence-corrected chi connectivity index (χ0v) is 17.8.